The Labute approximate surface area is 162 Å². The number of fused-ring (bicyclic) bond motifs is 3. The number of para-hydroxylation sites is 2. The van der Waals surface area contributed by atoms with Crippen LogP contribution in [0, 0.1) is 0 Å². The SMILES string of the molecule is c1ccc2[nH]c(-c3cccc4c(-c5cc6ccccc6[nH]5)cccc34)cc2c1. The Bertz CT molecular complexity index is 1290. The Morgan fingerprint density at radius 3 is 1.36 bits per heavy atom. The molecular formula is C26H18N2. The van der Waals surface area contributed by atoms with E-state index in [0.29, 0.717) is 0 Å². The van der Waals surface area contributed by atoms with Gasteiger partial charge in [0.2, 0.25) is 0 Å². The molecule has 6 rings (SSSR count). The normalized spacial score (nSPS) is 11.6. The van der Waals surface area contributed by atoms with Crippen molar-refractivity contribution >= 4 is 32.6 Å². The number of hydrogen-bond donors (Lipinski definition) is 2. The summed E-state index contributed by atoms with van der Waals surface area (Å²) in [7, 11) is 0. The predicted octanol–water partition coefficient (Wildman–Crippen LogP) is 7.14. The fraction of sp³-hybridized carbons (Fsp3) is 0. The smallest absolute Gasteiger partial charge is 0.0471 e. The maximum Gasteiger partial charge on any atom is 0.0471 e. The molecule has 0 aliphatic heterocycles. The van der Waals surface area contributed by atoms with Gasteiger partial charge < -0.3 is 9.97 Å². The number of hydrogen-bond acceptors (Lipinski definition) is 0. The highest BCUT2D eigenvalue weighted by Crippen LogP contribution is 2.36. The monoisotopic (exact) mass is 358 g/mol. The lowest BCUT2D eigenvalue weighted by Crippen LogP contribution is -1.85. The summed E-state index contributed by atoms with van der Waals surface area (Å²) in [5.41, 5.74) is 7.10. The highest BCUT2D eigenvalue weighted by molar-refractivity contribution is 6.05. The molecule has 2 aromatic heterocycles. The van der Waals surface area contributed by atoms with E-state index < -0.39 is 0 Å². The van der Waals surface area contributed by atoms with Gasteiger partial charge in [0, 0.05) is 44.3 Å². The van der Waals surface area contributed by atoms with Crippen LogP contribution in [0.4, 0.5) is 0 Å². The van der Waals surface area contributed by atoms with Gasteiger partial charge in [-0.25, -0.2) is 0 Å². The molecule has 0 saturated carbocycles. The molecule has 0 spiro atoms. The van der Waals surface area contributed by atoms with Gasteiger partial charge in [0.1, 0.15) is 0 Å². The standard InChI is InChI=1S/C26H18N2/c1-3-13-23-17(7-1)15-25(27-23)21-11-5-10-20-19(21)9-6-12-22(20)26-16-18-8-2-4-14-24(18)28-26/h1-16,27-28H. The molecule has 2 heteroatoms. The van der Waals surface area contributed by atoms with E-state index in [1.807, 2.05) is 0 Å². The minimum Gasteiger partial charge on any atom is -0.355 e. The largest absolute Gasteiger partial charge is 0.355 e. The molecule has 4 aromatic carbocycles. The Kier molecular flexibility index (Phi) is 3.20. The van der Waals surface area contributed by atoms with Gasteiger partial charge in [0.25, 0.3) is 0 Å². The third kappa shape index (κ3) is 2.28. The first-order valence-electron chi connectivity index (χ1n) is 9.55. The average Bonchev–Trinajstić information content (AvgIpc) is 3.36. The Hall–Kier alpha value is -3.78. The number of nitrogens with one attached hydrogen (secondary N) is 2. The lowest BCUT2D eigenvalue weighted by Gasteiger charge is -2.09. The second-order valence-electron chi connectivity index (χ2n) is 7.25. The molecule has 0 bridgehead atoms. The predicted molar refractivity (Wildman–Crippen MR) is 119 cm³/mol. The molecule has 2 nitrogen and oxygen atoms in total. The zero-order chi connectivity index (χ0) is 18.5. The molecule has 0 atom stereocenters. The highest BCUT2D eigenvalue weighted by Gasteiger charge is 2.11. The zero-order valence-corrected chi connectivity index (χ0v) is 15.2. The summed E-state index contributed by atoms with van der Waals surface area (Å²) < 4.78 is 0. The molecule has 6 aromatic rings. The van der Waals surface area contributed by atoms with E-state index in [2.05, 4.69) is 107 Å². The second-order valence-corrected chi connectivity index (χ2v) is 7.25. The van der Waals surface area contributed by atoms with Gasteiger partial charge in [-0.2, -0.15) is 0 Å². The van der Waals surface area contributed by atoms with Crippen molar-refractivity contribution in [1.82, 2.24) is 9.97 Å². The number of benzene rings is 4. The topological polar surface area (TPSA) is 31.6 Å². The first kappa shape index (κ1) is 15.3. The molecule has 2 heterocycles. The molecule has 28 heavy (non-hydrogen) atoms. The first-order valence-corrected chi connectivity index (χ1v) is 9.55. The van der Waals surface area contributed by atoms with Crippen molar-refractivity contribution < 1.29 is 0 Å². The molecule has 0 aliphatic carbocycles. The van der Waals surface area contributed by atoms with E-state index >= 15 is 0 Å². The van der Waals surface area contributed by atoms with E-state index in [1.54, 1.807) is 0 Å². The van der Waals surface area contributed by atoms with Crippen LogP contribution >= 0.6 is 0 Å². The summed E-state index contributed by atoms with van der Waals surface area (Å²) in [6.45, 7) is 0. The summed E-state index contributed by atoms with van der Waals surface area (Å²) in [4.78, 5) is 7.15. The van der Waals surface area contributed by atoms with Crippen molar-refractivity contribution in [2.45, 2.75) is 0 Å². The fourth-order valence-electron chi connectivity index (χ4n) is 4.22. The van der Waals surface area contributed by atoms with Crippen LogP contribution in [0.2, 0.25) is 0 Å². The van der Waals surface area contributed by atoms with Crippen LogP contribution in [0.15, 0.2) is 97.1 Å². The van der Waals surface area contributed by atoms with Crippen LogP contribution in [0.25, 0.3) is 55.1 Å². The summed E-state index contributed by atoms with van der Waals surface area (Å²) in [5.74, 6) is 0. The number of H-pyrrole nitrogens is 2. The minimum absolute atomic E-state index is 1.15. The second kappa shape index (κ2) is 5.86. The maximum atomic E-state index is 3.58. The van der Waals surface area contributed by atoms with Crippen molar-refractivity contribution in [1.29, 1.82) is 0 Å². The molecule has 132 valence electrons. The minimum atomic E-state index is 1.15. The van der Waals surface area contributed by atoms with E-state index in [1.165, 1.54) is 43.7 Å². The third-order valence-electron chi connectivity index (χ3n) is 5.56. The Balaban J connectivity index is 1.59. The van der Waals surface area contributed by atoms with Gasteiger partial charge in [-0.15, -0.1) is 0 Å². The first-order chi connectivity index (χ1) is 13.9. The van der Waals surface area contributed by atoms with E-state index in [4.69, 9.17) is 0 Å². The molecular weight excluding hydrogens is 340 g/mol. The molecule has 0 unspecified atom stereocenters. The third-order valence-corrected chi connectivity index (χ3v) is 5.56. The molecule has 0 amide bonds. The van der Waals surface area contributed by atoms with Gasteiger partial charge in [-0.05, 0) is 35.0 Å². The van der Waals surface area contributed by atoms with Crippen molar-refractivity contribution in [3.63, 3.8) is 0 Å². The number of aromatic nitrogens is 2. The molecule has 0 fully saturated rings. The summed E-state index contributed by atoms with van der Waals surface area (Å²) in [6, 6.07) is 34.4. The van der Waals surface area contributed by atoms with Gasteiger partial charge >= 0.3 is 0 Å². The Morgan fingerprint density at radius 2 is 0.893 bits per heavy atom. The van der Waals surface area contributed by atoms with Crippen molar-refractivity contribution in [3.8, 4) is 22.5 Å². The lowest BCUT2D eigenvalue weighted by atomic mass is 9.97. The van der Waals surface area contributed by atoms with Crippen LogP contribution in [0.3, 0.4) is 0 Å². The van der Waals surface area contributed by atoms with Crippen molar-refractivity contribution in [3.05, 3.63) is 97.1 Å². The van der Waals surface area contributed by atoms with Crippen molar-refractivity contribution in [2.75, 3.05) is 0 Å². The lowest BCUT2D eigenvalue weighted by molar-refractivity contribution is 1.45. The fourth-order valence-corrected chi connectivity index (χ4v) is 4.22. The molecule has 0 saturated heterocycles. The molecule has 0 radical (unpaired) electrons. The van der Waals surface area contributed by atoms with E-state index in [0.717, 1.165) is 11.4 Å². The average molecular weight is 358 g/mol. The number of aromatic amines is 2. The summed E-state index contributed by atoms with van der Waals surface area (Å²) >= 11 is 0. The quantitative estimate of drug-likeness (QED) is 0.330. The highest BCUT2D eigenvalue weighted by atomic mass is 14.7. The Morgan fingerprint density at radius 1 is 0.429 bits per heavy atom. The van der Waals surface area contributed by atoms with Crippen LogP contribution in [-0.4, -0.2) is 9.97 Å². The van der Waals surface area contributed by atoms with Gasteiger partial charge in [-0.1, -0.05) is 72.8 Å². The van der Waals surface area contributed by atoms with Crippen LogP contribution in [0.1, 0.15) is 0 Å². The van der Waals surface area contributed by atoms with Gasteiger partial charge in [0.05, 0.1) is 0 Å². The summed E-state index contributed by atoms with van der Waals surface area (Å²) in [5, 5.41) is 4.98. The molecule has 0 aliphatic rings. The maximum absolute atomic E-state index is 3.58. The van der Waals surface area contributed by atoms with Crippen LogP contribution in [0.5, 0.6) is 0 Å². The van der Waals surface area contributed by atoms with Crippen LogP contribution in [-0.2, 0) is 0 Å². The zero-order valence-electron chi connectivity index (χ0n) is 15.2. The number of rotatable bonds is 2. The summed E-state index contributed by atoms with van der Waals surface area (Å²) in [6.07, 6.45) is 0. The van der Waals surface area contributed by atoms with Gasteiger partial charge in [0.15, 0.2) is 0 Å². The van der Waals surface area contributed by atoms with Gasteiger partial charge in [-0.3, -0.25) is 0 Å². The van der Waals surface area contributed by atoms with E-state index in [9.17, 15) is 0 Å². The van der Waals surface area contributed by atoms with E-state index in [-0.39, 0.29) is 0 Å². The van der Waals surface area contributed by atoms with Crippen LogP contribution < -0.4 is 0 Å². The molecule has 2 N–H and O–H groups in total. The van der Waals surface area contributed by atoms with Crippen molar-refractivity contribution in [2.24, 2.45) is 0 Å².